The highest BCUT2D eigenvalue weighted by Crippen LogP contribution is 2.70. The molecule has 3 fully saturated rings. The molecule has 2 aromatic heterocycles. The zero-order chi connectivity index (χ0) is 51.8. The van der Waals surface area contributed by atoms with Crippen LogP contribution in [0.1, 0.15) is 105 Å². The average molecular weight is 992 g/mol. The molecule has 4 aliphatic rings. The van der Waals surface area contributed by atoms with Crippen molar-refractivity contribution in [2.75, 3.05) is 13.2 Å². The van der Waals surface area contributed by atoms with Crippen LogP contribution >= 0.6 is 0 Å². The summed E-state index contributed by atoms with van der Waals surface area (Å²) in [6.45, 7) is 6.35. The number of carbonyl (C=O) groups excluding carboxylic acids is 9. The van der Waals surface area contributed by atoms with Crippen molar-refractivity contribution in [3.63, 3.8) is 0 Å². The van der Waals surface area contributed by atoms with Gasteiger partial charge in [-0.3, -0.25) is 29.0 Å². The number of hydrogen-bond acceptors (Lipinski definition) is 22. The molecular weight excluding hydrogens is 939 g/mol. The Labute approximate surface area is 405 Å². The maximum atomic E-state index is 15.3. The minimum Gasteiger partial charge on any atom is -0.472 e. The van der Waals surface area contributed by atoms with Crippen LogP contribution in [-0.2, 0) is 82.6 Å². The summed E-state index contributed by atoms with van der Waals surface area (Å²) >= 11 is 0. The lowest BCUT2D eigenvalue weighted by molar-refractivity contribution is -0.386. The van der Waals surface area contributed by atoms with Gasteiger partial charge in [0.15, 0.2) is 30.0 Å². The SMILES string of the molecule is CC(=O)OCC12C(OC(C)=O)C(OC(C)=O)C3C(OC(C)=O)C14OC3(C)COC(=O)c1cccnc1CCCC(C)(OC(=O)c1ccccc1)C(=O)OC(C(OC(=O)c1ccoc1)C2OC(C)=O)C4(C)O. The van der Waals surface area contributed by atoms with Crippen molar-refractivity contribution in [2.45, 2.75) is 134 Å². The largest absolute Gasteiger partial charge is 0.472 e. The van der Waals surface area contributed by atoms with E-state index in [4.69, 9.17) is 51.8 Å². The minimum atomic E-state index is -3.07. The highest BCUT2D eigenvalue weighted by Gasteiger charge is 2.92. The number of hydrogen-bond donors (Lipinski definition) is 1. The molecule has 4 heterocycles. The highest BCUT2D eigenvalue weighted by atomic mass is 16.7. The Morgan fingerprint density at radius 3 is 1.97 bits per heavy atom. The zero-order valence-electron chi connectivity index (χ0n) is 40.0. The van der Waals surface area contributed by atoms with Gasteiger partial charge in [-0.2, -0.15) is 0 Å². The topological polar surface area (TPSA) is 292 Å². The molecule has 0 amide bonds. The van der Waals surface area contributed by atoms with Crippen LogP contribution in [-0.4, -0.2) is 136 Å². The van der Waals surface area contributed by atoms with Crippen LogP contribution in [0.3, 0.4) is 0 Å². The summed E-state index contributed by atoms with van der Waals surface area (Å²) in [7, 11) is 0. The van der Waals surface area contributed by atoms with Crippen molar-refractivity contribution in [2.24, 2.45) is 11.3 Å². The number of ether oxygens (including phenoxy) is 10. The predicted octanol–water partition coefficient (Wildman–Crippen LogP) is 3.12. The fraction of sp³-hybridized carbons (Fsp3) is 0.510. The van der Waals surface area contributed by atoms with Gasteiger partial charge < -0.3 is 56.9 Å². The van der Waals surface area contributed by atoms with E-state index in [9.17, 15) is 43.5 Å². The molecule has 380 valence electrons. The van der Waals surface area contributed by atoms with Crippen LogP contribution < -0.4 is 0 Å². The van der Waals surface area contributed by atoms with Crippen molar-refractivity contribution >= 4 is 53.7 Å². The molecule has 71 heavy (non-hydrogen) atoms. The van der Waals surface area contributed by atoms with Gasteiger partial charge in [-0.05, 0) is 70.4 Å². The number of fused-ring (bicyclic) bond motifs is 5. The van der Waals surface area contributed by atoms with Gasteiger partial charge in [0, 0.05) is 40.8 Å². The molecule has 0 radical (unpaired) electrons. The Hall–Kier alpha value is -7.20. The van der Waals surface area contributed by atoms with Gasteiger partial charge in [0.1, 0.15) is 48.3 Å². The number of aryl methyl sites for hydroxylation is 1. The Morgan fingerprint density at radius 1 is 0.732 bits per heavy atom. The van der Waals surface area contributed by atoms with Crippen molar-refractivity contribution in [1.82, 2.24) is 4.98 Å². The molecule has 2 saturated carbocycles. The van der Waals surface area contributed by atoms with Gasteiger partial charge >= 0.3 is 53.7 Å². The van der Waals surface area contributed by atoms with Gasteiger partial charge in [-0.15, -0.1) is 0 Å². The maximum Gasteiger partial charge on any atom is 0.350 e. The second-order valence-electron chi connectivity index (χ2n) is 18.4. The van der Waals surface area contributed by atoms with Crippen LogP contribution in [0, 0.1) is 11.3 Å². The molecule has 22 heteroatoms. The fourth-order valence-electron chi connectivity index (χ4n) is 10.7. The van der Waals surface area contributed by atoms with E-state index in [0.717, 1.165) is 54.1 Å². The molecule has 4 bridgehead atoms. The number of nitrogens with zero attached hydrogens (tertiary/aromatic N) is 1. The monoisotopic (exact) mass is 991 g/mol. The second-order valence-corrected chi connectivity index (χ2v) is 18.4. The molecule has 22 nitrogen and oxygen atoms in total. The van der Waals surface area contributed by atoms with Crippen molar-refractivity contribution in [3.8, 4) is 0 Å². The quantitative estimate of drug-likeness (QED) is 0.225. The molecule has 2 aliphatic carbocycles. The maximum absolute atomic E-state index is 15.3. The number of aliphatic hydroxyl groups is 1. The van der Waals surface area contributed by atoms with Gasteiger partial charge in [-0.1, -0.05) is 18.2 Å². The van der Waals surface area contributed by atoms with Crippen molar-refractivity contribution < 1.29 is 100 Å². The Balaban J connectivity index is 1.60. The first-order chi connectivity index (χ1) is 33.4. The van der Waals surface area contributed by atoms with Crippen molar-refractivity contribution in [3.05, 3.63) is 89.6 Å². The van der Waals surface area contributed by atoms with E-state index in [1.807, 2.05) is 0 Å². The van der Waals surface area contributed by atoms with Crippen LogP contribution in [0.2, 0.25) is 0 Å². The minimum absolute atomic E-state index is 0.0130. The molecular formula is C49H53NO21. The van der Waals surface area contributed by atoms with E-state index >= 15 is 4.79 Å². The van der Waals surface area contributed by atoms with Crippen LogP contribution in [0.4, 0.5) is 0 Å². The third-order valence-electron chi connectivity index (χ3n) is 13.4. The van der Waals surface area contributed by atoms with E-state index in [1.54, 1.807) is 18.2 Å². The van der Waals surface area contributed by atoms with Gasteiger partial charge in [0.05, 0.1) is 34.6 Å². The number of cyclic esters (lactones) is 1. The number of pyridine rings is 1. The Kier molecular flexibility index (Phi) is 14.2. The molecule has 1 aromatic carbocycles. The summed E-state index contributed by atoms with van der Waals surface area (Å²) in [6.07, 6.45) is -10.1. The first-order valence-electron chi connectivity index (χ1n) is 22.5. The number of furan rings is 1. The van der Waals surface area contributed by atoms with Gasteiger partial charge in [0.2, 0.25) is 5.60 Å². The third kappa shape index (κ3) is 9.21. The van der Waals surface area contributed by atoms with E-state index in [1.165, 1.54) is 50.4 Å². The molecule has 1 saturated heterocycles. The lowest BCUT2D eigenvalue weighted by Crippen LogP contribution is -2.89. The summed E-state index contributed by atoms with van der Waals surface area (Å²) in [4.78, 5) is 130. The standard InChI is InChI=1S/C49H53NO21/c1-25(51)62-24-48-39(66-28(4)54)35(64-26(2)52)34-37(65-27(3)53)49(48)47(8,60)38(36(40(48)67-29(5)55)68-41(56)31-18-21-61-22-31)69-44(59)45(6,70-42(57)30-14-10-9-11-15-30)19-12-17-33-32(16-13-20-50-33)43(58)63-23-46(34,7)71-49/h9-11,13-16,18,20-22,34-40,60H,12,17,19,23-24H2,1-8H3. The lowest BCUT2D eigenvalue weighted by atomic mass is 9.45. The highest BCUT2D eigenvalue weighted by molar-refractivity contribution is 5.93. The Bertz CT molecular complexity index is 2600. The molecule has 12 unspecified atom stereocenters. The van der Waals surface area contributed by atoms with Crippen LogP contribution in [0.15, 0.2) is 71.7 Å². The van der Waals surface area contributed by atoms with E-state index in [2.05, 4.69) is 4.98 Å². The summed E-state index contributed by atoms with van der Waals surface area (Å²) in [5, 5.41) is 14.0. The predicted molar refractivity (Wildman–Crippen MR) is 233 cm³/mol. The smallest absolute Gasteiger partial charge is 0.350 e. The van der Waals surface area contributed by atoms with Crippen molar-refractivity contribution in [1.29, 1.82) is 0 Å². The number of esters is 9. The fourth-order valence-corrected chi connectivity index (χ4v) is 10.7. The summed E-state index contributed by atoms with van der Waals surface area (Å²) in [6, 6.07) is 11.7. The molecule has 12 atom stereocenters. The molecule has 2 aliphatic heterocycles. The average Bonchev–Trinajstić information content (AvgIpc) is 3.91. The first-order valence-corrected chi connectivity index (χ1v) is 22.5. The third-order valence-corrected chi connectivity index (χ3v) is 13.4. The van der Waals surface area contributed by atoms with E-state index < -0.39 is 137 Å². The van der Waals surface area contributed by atoms with E-state index in [0.29, 0.717) is 0 Å². The second kappa shape index (κ2) is 19.5. The van der Waals surface area contributed by atoms with E-state index in [-0.39, 0.29) is 41.6 Å². The normalized spacial score (nSPS) is 33.2. The molecule has 1 spiro atoms. The number of carbonyl (C=O) groups is 9. The number of benzene rings is 1. The Morgan fingerprint density at radius 2 is 1.37 bits per heavy atom. The molecule has 7 rings (SSSR count). The molecule has 1 N–H and O–H groups in total. The molecule has 3 aromatic rings. The summed E-state index contributed by atoms with van der Waals surface area (Å²) < 4.78 is 66.9. The first kappa shape index (κ1) is 51.6. The summed E-state index contributed by atoms with van der Waals surface area (Å²) in [5.74, 6) is -11.7. The zero-order valence-corrected chi connectivity index (χ0v) is 40.0. The van der Waals surface area contributed by atoms with Gasteiger partial charge in [-0.25, -0.2) is 19.2 Å². The number of rotatable bonds is 10. The van der Waals surface area contributed by atoms with Crippen LogP contribution in [0.5, 0.6) is 0 Å². The van der Waals surface area contributed by atoms with Crippen LogP contribution in [0.25, 0.3) is 0 Å². The summed E-state index contributed by atoms with van der Waals surface area (Å²) in [5.41, 5.74) is -13.4. The number of aromatic nitrogens is 1. The lowest BCUT2D eigenvalue weighted by Gasteiger charge is -2.67. The van der Waals surface area contributed by atoms with Gasteiger partial charge in [0.25, 0.3) is 0 Å².